The van der Waals surface area contributed by atoms with Crippen molar-refractivity contribution < 1.29 is 18.3 Å². The molecule has 0 aliphatic carbocycles. The van der Waals surface area contributed by atoms with E-state index in [0.29, 0.717) is 0 Å². The van der Waals surface area contributed by atoms with Crippen molar-refractivity contribution in [2.24, 2.45) is 7.05 Å². The topological polar surface area (TPSA) is 123 Å². The molecule has 1 aliphatic heterocycles. The molecule has 1 fully saturated rings. The predicted molar refractivity (Wildman–Crippen MR) is 68.0 cm³/mol. The van der Waals surface area contributed by atoms with E-state index in [2.05, 4.69) is 15.4 Å². The fourth-order valence-electron chi connectivity index (χ4n) is 2.08. The van der Waals surface area contributed by atoms with Gasteiger partial charge in [-0.05, 0) is 6.07 Å². The average Bonchev–Trinajstić information content (AvgIpc) is 2.95. The summed E-state index contributed by atoms with van der Waals surface area (Å²) in [5, 5.41) is 19.9. The molecule has 0 spiro atoms. The molecule has 2 aromatic rings. The smallest absolute Gasteiger partial charge is 0.358 e. The largest absolute Gasteiger partial charge is 0.476 e. The highest BCUT2D eigenvalue weighted by Gasteiger charge is 2.39. The van der Waals surface area contributed by atoms with Gasteiger partial charge in [-0.15, -0.1) is 5.10 Å². The summed E-state index contributed by atoms with van der Waals surface area (Å²) in [5.74, 6) is -1.17. The number of hydrogen-bond donors (Lipinski definition) is 1. The lowest BCUT2D eigenvalue weighted by atomic mass is 10.2. The number of aromatic carboxylic acids is 1. The second kappa shape index (κ2) is 4.63. The van der Waals surface area contributed by atoms with Crippen LogP contribution < -0.4 is 0 Å². The summed E-state index contributed by atoms with van der Waals surface area (Å²) in [6.45, 7) is 0.436. The Morgan fingerprint density at radius 3 is 2.67 bits per heavy atom. The van der Waals surface area contributed by atoms with Gasteiger partial charge < -0.3 is 5.11 Å². The quantitative estimate of drug-likeness (QED) is 0.764. The van der Waals surface area contributed by atoms with Crippen molar-refractivity contribution in [2.45, 2.75) is 11.1 Å². The highest BCUT2D eigenvalue weighted by molar-refractivity contribution is 7.89. The molecule has 21 heavy (non-hydrogen) atoms. The number of carbonyl (C=O) groups is 1. The molecule has 3 rings (SSSR count). The molecule has 0 unspecified atom stereocenters. The fraction of sp³-hybridized carbons (Fsp3) is 0.400. The van der Waals surface area contributed by atoms with Crippen molar-refractivity contribution >= 4 is 16.0 Å². The number of rotatable bonds is 4. The van der Waals surface area contributed by atoms with E-state index in [1.54, 1.807) is 7.05 Å². The van der Waals surface area contributed by atoms with E-state index in [0.717, 1.165) is 0 Å². The number of carboxylic acids is 1. The fourth-order valence-corrected chi connectivity index (χ4v) is 3.70. The molecular formula is C10H12N6O4S. The molecule has 1 N–H and O–H groups in total. The third-order valence-electron chi connectivity index (χ3n) is 3.31. The zero-order valence-electron chi connectivity index (χ0n) is 11.0. The molecule has 0 atom stereocenters. The lowest BCUT2D eigenvalue weighted by Crippen LogP contribution is -2.51. The highest BCUT2D eigenvalue weighted by Crippen LogP contribution is 2.27. The van der Waals surface area contributed by atoms with Gasteiger partial charge in [-0.25, -0.2) is 17.9 Å². The van der Waals surface area contributed by atoms with Crippen molar-refractivity contribution in [1.29, 1.82) is 0 Å². The van der Waals surface area contributed by atoms with Crippen LogP contribution in [0, 0.1) is 0 Å². The minimum atomic E-state index is -3.58. The number of nitrogens with zero attached hydrogens (tertiary/aromatic N) is 6. The van der Waals surface area contributed by atoms with Crippen LogP contribution in [0.25, 0.3) is 0 Å². The molecule has 0 bridgehead atoms. The number of aromatic nitrogens is 5. The molecule has 0 aromatic carbocycles. The number of aryl methyl sites for hydroxylation is 1. The van der Waals surface area contributed by atoms with E-state index in [1.807, 2.05) is 0 Å². The minimum Gasteiger partial charge on any atom is -0.476 e. The van der Waals surface area contributed by atoms with Gasteiger partial charge >= 0.3 is 5.97 Å². The van der Waals surface area contributed by atoms with Crippen molar-refractivity contribution in [3.63, 3.8) is 0 Å². The summed E-state index contributed by atoms with van der Waals surface area (Å²) in [6.07, 6.45) is 2.71. The van der Waals surface area contributed by atoms with E-state index < -0.39 is 16.0 Å². The Hall–Kier alpha value is -2.27. The Balaban J connectivity index is 1.73. The molecule has 10 nitrogen and oxygen atoms in total. The summed E-state index contributed by atoms with van der Waals surface area (Å²) in [6, 6.07) is 1.22. The van der Waals surface area contributed by atoms with Crippen molar-refractivity contribution in [1.82, 2.24) is 29.1 Å². The SMILES string of the molecule is Cn1nccc1S(=O)(=O)N1CC(n2cc(C(=O)O)nn2)C1. The zero-order valence-corrected chi connectivity index (χ0v) is 11.8. The summed E-state index contributed by atoms with van der Waals surface area (Å²) in [5.41, 5.74) is -0.164. The Morgan fingerprint density at radius 2 is 2.14 bits per heavy atom. The van der Waals surface area contributed by atoms with Gasteiger partial charge in [-0.1, -0.05) is 5.21 Å². The lowest BCUT2D eigenvalue weighted by molar-refractivity contribution is 0.0690. The molecule has 112 valence electrons. The second-order valence-electron chi connectivity index (χ2n) is 4.66. The van der Waals surface area contributed by atoms with Gasteiger partial charge in [0.25, 0.3) is 10.0 Å². The van der Waals surface area contributed by atoms with Gasteiger partial charge in [0.15, 0.2) is 10.7 Å². The van der Waals surface area contributed by atoms with Crippen LogP contribution in [0.2, 0.25) is 0 Å². The van der Waals surface area contributed by atoms with Gasteiger partial charge in [0.2, 0.25) is 0 Å². The molecule has 2 aromatic heterocycles. The Labute approximate surface area is 119 Å². The maximum atomic E-state index is 12.3. The van der Waals surface area contributed by atoms with Gasteiger partial charge in [-0.2, -0.15) is 9.40 Å². The monoisotopic (exact) mass is 312 g/mol. The molecule has 1 saturated heterocycles. The maximum Gasteiger partial charge on any atom is 0.358 e. The van der Waals surface area contributed by atoms with Crippen molar-refractivity contribution in [3.05, 3.63) is 24.2 Å². The first-order valence-corrected chi connectivity index (χ1v) is 7.47. The van der Waals surface area contributed by atoms with Crippen LogP contribution in [0.5, 0.6) is 0 Å². The molecule has 0 saturated carbocycles. The van der Waals surface area contributed by atoms with E-state index in [4.69, 9.17) is 5.11 Å². The Kier molecular flexibility index (Phi) is 3.02. The number of hydrogen-bond acceptors (Lipinski definition) is 6. The number of sulfonamides is 1. The van der Waals surface area contributed by atoms with E-state index >= 15 is 0 Å². The van der Waals surface area contributed by atoms with Gasteiger partial charge in [-0.3, -0.25) is 4.68 Å². The second-order valence-corrected chi connectivity index (χ2v) is 6.54. The van der Waals surface area contributed by atoms with Crippen LogP contribution in [0.4, 0.5) is 0 Å². The molecule has 0 amide bonds. The molecule has 0 radical (unpaired) electrons. The summed E-state index contributed by atoms with van der Waals surface area (Å²) in [4.78, 5) is 10.7. The molecule has 3 heterocycles. The third kappa shape index (κ3) is 2.19. The Morgan fingerprint density at radius 1 is 1.43 bits per heavy atom. The van der Waals surface area contributed by atoms with Crippen molar-refractivity contribution in [2.75, 3.05) is 13.1 Å². The maximum absolute atomic E-state index is 12.3. The van der Waals surface area contributed by atoms with E-state index in [9.17, 15) is 13.2 Å². The zero-order chi connectivity index (χ0) is 15.2. The highest BCUT2D eigenvalue weighted by atomic mass is 32.2. The van der Waals surface area contributed by atoms with Gasteiger partial charge in [0.05, 0.1) is 18.4 Å². The lowest BCUT2D eigenvalue weighted by Gasteiger charge is -2.37. The first kappa shape index (κ1) is 13.7. The summed E-state index contributed by atoms with van der Waals surface area (Å²) >= 11 is 0. The molecule has 1 aliphatic rings. The first-order chi connectivity index (χ1) is 9.89. The normalized spacial score (nSPS) is 16.8. The van der Waals surface area contributed by atoms with Crippen LogP contribution >= 0.6 is 0 Å². The van der Waals surface area contributed by atoms with Crippen LogP contribution in [0.15, 0.2) is 23.5 Å². The molecular weight excluding hydrogens is 300 g/mol. The van der Waals surface area contributed by atoms with Crippen LogP contribution in [-0.2, 0) is 17.1 Å². The molecule has 11 heteroatoms. The van der Waals surface area contributed by atoms with Crippen molar-refractivity contribution in [3.8, 4) is 0 Å². The van der Waals surface area contributed by atoms with Crippen LogP contribution in [0.1, 0.15) is 16.5 Å². The number of carboxylic acid groups (broad SMARTS) is 1. The standard InChI is InChI=1S/C10H12N6O4S/c1-14-9(2-3-11-14)21(19,20)15-4-7(5-15)16-6-8(10(17)18)12-13-16/h2-3,6-7H,4-5H2,1H3,(H,17,18). The summed E-state index contributed by atoms with van der Waals surface area (Å²) in [7, 11) is -2.03. The minimum absolute atomic E-state index is 0.116. The Bertz CT molecular complexity index is 788. The van der Waals surface area contributed by atoms with E-state index in [1.165, 1.54) is 32.1 Å². The van der Waals surface area contributed by atoms with Gasteiger partial charge in [0.1, 0.15) is 0 Å². The predicted octanol–water partition coefficient (Wildman–Crippen LogP) is -1.04. The van der Waals surface area contributed by atoms with E-state index in [-0.39, 0.29) is 29.9 Å². The third-order valence-corrected chi connectivity index (χ3v) is 5.22. The van der Waals surface area contributed by atoms with Crippen LogP contribution in [-0.4, -0.2) is 61.7 Å². The van der Waals surface area contributed by atoms with Crippen LogP contribution in [0.3, 0.4) is 0 Å². The summed E-state index contributed by atoms with van der Waals surface area (Å²) < 4.78 is 28.6. The average molecular weight is 312 g/mol. The first-order valence-electron chi connectivity index (χ1n) is 6.03. The van der Waals surface area contributed by atoms with Gasteiger partial charge in [0, 0.05) is 20.1 Å².